The van der Waals surface area contributed by atoms with Gasteiger partial charge in [-0.3, -0.25) is 4.68 Å². The largest absolute Gasteiger partial charge is 0.339 e. The molecule has 0 aromatic carbocycles. The number of hydrogen-bond donors (Lipinski definition) is 2. The van der Waals surface area contributed by atoms with Crippen LogP contribution in [0.4, 0.5) is 10.7 Å². The number of anilines is 1. The summed E-state index contributed by atoms with van der Waals surface area (Å²) < 4.78 is 1.76. The molecule has 2 atom stereocenters. The van der Waals surface area contributed by atoms with Crippen LogP contribution in [-0.2, 0) is 7.05 Å². The number of aromatic nitrogens is 4. The van der Waals surface area contributed by atoms with Crippen LogP contribution >= 0.6 is 0 Å². The second-order valence-electron chi connectivity index (χ2n) is 6.52. The van der Waals surface area contributed by atoms with Gasteiger partial charge in [-0.05, 0) is 32.8 Å². The van der Waals surface area contributed by atoms with Crippen LogP contribution in [0.1, 0.15) is 37.1 Å². The van der Waals surface area contributed by atoms with Crippen molar-refractivity contribution in [3.63, 3.8) is 0 Å². The quantitative estimate of drug-likeness (QED) is 0.879. The van der Waals surface area contributed by atoms with Crippen molar-refractivity contribution in [3.05, 3.63) is 35.9 Å². The minimum atomic E-state index is -0.156. The van der Waals surface area contributed by atoms with Gasteiger partial charge in [0.25, 0.3) is 0 Å². The Hall–Kier alpha value is -2.64. The van der Waals surface area contributed by atoms with E-state index in [1.165, 1.54) is 0 Å². The molecule has 0 spiro atoms. The van der Waals surface area contributed by atoms with E-state index in [4.69, 9.17) is 0 Å². The zero-order valence-corrected chi connectivity index (χ0v) is 14.9. The number of aryl methyl sites for hydroxylation is 2. The highest BCUT2D eigenvalue weighted by atomic mass is 16.2. The van der Waals surface area contributed by atoms with Crippen molar-refractivity contribution in [2.75, 3.05) is 18.0 Å². The fourth-order valence-electron chi connectivity index (χ4n) is 3.28. The zero-order chi connectivity index (χ0) is 17.8. The molecule has 2 amide bonds. The summed E-state index contributed by atoms with van der Waals surface area (Å²) in [6.07, 6.45) is 7.38. The molecule has 1 fully saturated rings. The van der Waals surface area contributed by atoms with Crippen molar-refractivity contribution in [1.82, 2.24) is 30.4 Å². The molecule has 1 aliphatic heterocycles. The molecule has 2 aromatic rings. The third kappa shape index (κ3) is 4.26. The maximum absolute atomic E-state index is 12.4. The van der Waals surface area contributed by atoms with E-state index in [-0.39, 0.29) is 18.1 Å². The second kappa shape index (κ2) is 7.50. The molecular formula is C17H25N7O. The summed E-state index contributed by atoms with van der Waals surface area (Å²) >= 11 is 0. The Morgan fingerprint density at radius 2 is 2.12 bits per heavy atom. The molecule has 0 saturated carbocycles. The molecule has 0 unspecified atom stereocenters. The van der Waals surface area contributed by atoms with Crippen LogP contribution in [0.5, 0.6) is 0 Å². The van der Waals surface area contributed by atoms with Gasteiger partial charge in [-0.15, -0.1) is 0 Å². The van der Waals surface area contributed by atoms with Crippen molar-refractivity contribution >= 4 is 12.0 Å². The summed E-state index contributed by atoms with van der Waals surface area (Å²) in [7, 11) is 1.88. The summed E-state index contributed by atoms with van der Waals surface area (Å²) in [5.74, 6) is 0.716. The Labute approximate surface area is 147 Å². The van der Waals surface area contributed by atoms with Crippen molar-refractivity contribution in [3.8, 4) is 0 Å². The summed E-state index contributed by atoms with van der Waals surface area (Å²) in [5.41, 5.74) is 1.96. The number of piperidine rings is 1. The topological polar surface area (TPSA) is 88.0 Å². The van der Waals surface area contributed by atoms with Gasteiger partial charge in [0, 0.05) is 50.3 Å². The van der Waals surface area contributed by atoms with Gasteiger partial charge in [-0.25, -0.2) is 14.8 Å². The molecule has 25 heavy (non-hydrogen) atoms. The lowest BCUT2D eigenvalue weighted by Gasteiger charge is -2.33. The lowest BCUT2D eigenvalue weighted by molar-refractivity contribution is 0.232. The number of amides is 2. The first-order chi connectivity index (χ1) is 12.0. The highest BCUT2D eigenvalue weighted by Crippen LogP contribution is 2.17. The molecule has 2 aromatic heterocycles. The van der Waals surface area contributed by atoms with E-state index in [9.17, 15) is 4.79 Å². The van der Waals surface area contributed by atoms with Gasteiger partial charge in [0.15, 0.2) is 0 Å². The van der Waals surface area contributed by atoms with Gasteiger partial charge >= 0.3 is 6.03 Å². The molecule has 0 radical (unpaired) electrons. The van der Waals surface area contributed by atoms with Crippen LogP contribution < -0.4 is 15.5 Å². The zero-order valence-electron chi connectivity index (χ0n) is 14.9. The van der Waals surface area contributed by atoms with Crippen molar-refractivity contribution < 1.29 is 4.79 Å². The Kier molecular flexibility index (Phi) is 5.16. The number of carbonyl (C=O) groups excluding carboxylic acids is 1. The normalized spacial score (nSPS) is 18.7. The Balaban J connectivity index is 1.54. The van der Waals surface area contributed by atoms with E-state index in [0.717, 1.165) is 37.2 Å². The number of nitrogens with one attached hydrogen (secondary N) is 2. The van der Waals surface area contributed by atoms with Gasteiger partial charge < -0.3 is 15.5 Å². The molecule has 2 N–H and O–H groups in total. The summed E-state index contributed by atoms with van der Waals surface area (Å²) in [4.78, 5) is 23.1. The molecule has 8 nitrogen and oxygen atoms in total. The van der Waals surface area contributed by atoms with Crippen molar-refractivity contribution in [2.45, 2.75) is 38.8 Å². The third-order valence-electron chi connectivity index (χ3n) is 4.46. The van der Waals surface area contributed by atoms with Gasteiger partial charge in [-0.1, -0.05) is 0 Å². The van der Waals surface area contributed by atoms with Crippen molar-refractivity contribution in [2.24, 2.45) is 7.05 Å². The van der Waals surface area contributed by atoms with Crippen LogP contribution in [0.2, 0.25) is 0 Å². The second-order valence-corrected chi connectivity index (χ2v) is 6.52. The first-order valence-corrected chi connectivity index (χ1v) is 8.62. The number of nitrogens with zero attached hydrogens (tertiary/aromatic N) is 5. The molecule has 0 aliphatic carbocycles. The van der Waals surface area contributed by atoms with Gasteiger partial charge in [-0.2, -0.15) is 5.10 Å². The van der Waals surface area contributed by atoms with E-state index >= 15 is 0 Å². The fraction of sp³-hybridized carbons (Fsp3) is 0.529. The molecule has 3 heterocycles. The van der Waals surface area contributed by atoms with E-state index in [1.54, 1.807) is 23.1 Å². The van der Waals surface area contributed by atoms with E-state index in [0.29, 0.717) is 5.95 Å². The monoisotopic (exact) mass is 343 g/mol. The number of hydrogen-bond acceptors (Lipinski definition) is 5. The maximum atomic E-state index is 12.4. The Morgan fingerprint density at radius 3 is 2.80 bits per heavy atom. The molecule has 3 rings (SSSR count). The summed E-state index contributed by atoms with van der Waals surface area (Å²) in [5, 5.41) is 10.4. The molecule has 0 bridgehead atoms. The van der Waals surface area contributed by atoms with Gasteiger partial charge in [0.2, 0.25) is 5.95 Å². The predicted octanol–water partition coefficient (Wildman–Crippen LogP) is 1.55. The van der Waals surface area contributed by atoms with Crippen LogP contribution in [0.15, 0.2) is 24.7 Å². The SMILES string of the molecule is Cc1nn(C)cc1[C@@H](C)NC(=O)N[C@@H]1CCCN(c2ncccn2)C1. The number of urea groups is 1. The standard InChI is InChI=1S/C17H25N7O/c1-12(15-11-23(3)22-13(15)2)20-17(25)21-14-6-4-9-24(10-14)16-18-7-5-8-19-16/h5,7-8,11-12,14H,4,6,9-10H2,1-3H3,(H2,20,21,25)/t12-,14-/m1/s1. The van der Waals surface area contributed by atoms with E-state index in [1.807, 2.05) is 27.1 Å². The minimum absolute atomic E-state index is 0.0831. The number of rotatable bonds is 4. The van der Waals surface area contributed by atoms with E-state index < -0.39 is 0 Å². The first-order valence-electron chi connectivity index (χ1n) is 8.62. The third-order valence-corrected chi connectivity index (χ3v) is 4.46. The minimum Gasteiger partial charge on any atom is -0.339 e. The van der Waals surface area contributed by atoms with Crippen molar-refractivity contribution in [1.29, 1.82) is 0 Å². The average molecular weight is 343 g/mol. The van der Waals surface area contributed by atoms with Gasteiger partial charge in [0.1, 0.15) is 0 Å². The summed E-state index contributed by atoms with van der Waals surface area (Å²) in [6, 6.07) is 1.64. The molecular weight excluding hydrogens is 318 g/mol. The lowest BCUT2D eigenvalue weighted by Crippen LogP contribution is -2.51. The van der Waals surface area contributed by atoms with Crippen LogP contribution in [0.25, 0.3) is 0 Å². The summed E-state index contributed by atoms with van der Waals surface area (Å²) in [6.45, 7) is 5.55. The average Bonchev–Trinajstić information content (AvgIpc) is 2.94. The molecule has 8 heteroatoms. The van der Waals surface area contributed by atoms with Crippen LogP contribution in [-0.4, -0.2) is 44.9 Å². The van der Waals surface area contributed by atoms with Crippen LogP contribution in [0.3, 0.4) is 0 Å². The number of carbonyl (C=O) groups is 1. The highest BCUT2D eigenvalue weighted by Gasteiger charge is 2.23. The Morgan fingerprint density at radius 1 is 1.36 bits per heavy atom. The molecule has 134 valence electrons. The Bertz CT molecular complexity index is 715. The van der Waals surface area contributed by atoms with Gasteiger partial charge in [0.05, 0.1) is 11.7 Å². The predicted molar refractivity (Wildman–Crippen MR) is 95.3 cm³/mol. The molecule has 1 aliphatic rings. The fourth-order valence-corrected chi connectivity index (χ4v) is 3.28. The first kappa shape index (κ1) is 17.2. The lowest BCUT2D eigenvalue weighted by atomic mass is 10.1. The highest BCUT2D eigenvalue weighted by molar-refractivity contribution is 5.74. The molecule has 1 saturated heterocycles. The smallest absolute Gasteiger partial charge is 0.315 e. The van der Waals surface area contributed by atoms with E-state index in [2.05, 4.69) is 30.6 Å². The van der Waals surface area contributed by atoms with Crippen LogP contribution in [0, 0.1) is 6.92 Å². The maximum Gasteiger partial charge on any atom is 0.315 e.